The maximum atomic E-state index is 13.4. The van der Waals surface area contributed by atoms with Gasteiger partial charge in [-0.05, 0) is 35.7 Å². The predicted molar refractivity (Wildman–Crippen MR) is 102 cm³/mol. The summed E-state index contributed by atoms with van der Waals surface area (Å²) < 4.78 is 0. The van der Waals surface area contributed by atoms with Crippen LogP contribution < -0.4 is 9.80 Å². The normalized spacial score (nSPS) is 12.7. The maximum absolute atomic E-state index is 13.4. The Kier molecular flexibility index (Phi) is 4.21. The number of carbonyl (C=O) groups is 1. The van der Waals surface area contributed by atoms with E-state index in [1.165, 1.54) is 5.56 Å². The summed E-state index contributed by atoms with van der Waals surface area (Å²) in [6.07, 6.45) is 0.913. The van der Waals surface area contributed by atoms with E-state index >= 15 is 0 Å². The van der Waals surface area contributed by atoms with Crippen molar-refractivity contribution >= 4 is 17.4 Å². The Hall–Kier alpha value is -3.07. The van der Waals surface area contributed by atoms with E-state index in [0.29, 0.717) is 6.54 Å². The monoisotopic (exact) mass is 328 g/mol. The Morgan fingerprint density at radius 3 is 2.24 bits per heavy atom. The highest BCUT2D eigenvalue weighted by atomic mass is 16.2. The van der Waals surface area contributed by atoms with Gasteiger partial charge in [0.1, 0.15) is 0 Å². The van der Waals surface area contributed by atoms with Gasteiger partial charge < -0.3 is 0 Å². The third-order valence-corrected chi connectivity index (χ3v) is 4.60. The zero-order chi connectivity index (χ0) is 17.1. The minimum atomic E-state index is 0.0278. The third-order valence-electron chi connectivity index (χ3n) is 4.60. The lowest BCUT2D eigenvalue weighted by Gasteiger charge is -2.28. The number of amides is 2. The topological polar surface area (TPSA) is 23.6 Å². The molecule has 0 bridgehead atoms. The molecule has 0 saturated heterocycles. The van der Waals surface area contributed by atoms with Gasteiger partial charge in [0.15, 0.2) is 0 Å². The van der Waals surface area contributed by atoms with E-state index in [1.807, 2.05) is 76.5 Å². The summed E-state index contributed by atoms with van der Waals surface area (Å²) in [5.41, 5.74) is 4.30. The van der Waals surface area contributed by atoms with Crippen LogP contribution >= 0.6 is 0 Å². The van der Waals surface area contributed by atoms with Crippen molar-refractivity contribution in [2.75, 3.05) is 16.3 Å². The molecule has 1 heterocycles. The molecule has 4 rings (SSSR count). The summed E-state index contributed by atoms with van der Waals surface area (Å²) in [6.45, 7) is 1.29. The van der Waals surface area contributed by atoms with Crippen LogP contribution in [-0.4, -0.2) is 12.6 Å². The van der Waals surface area contributed by atoms with E-state index in [0.717, 1.165) is 29.9 Å². The quantitative estimate of drug-likeness (QED) is 0.672. The molecule has 1 aliphatic heterocycles. The Labute approximate surface area is 148 Å². The van der Waals surface area contributed by atoms with Gasteiger partial charge in [0.05, 0.1) is 6.54 Å². The first-order chi connectivity index (χ1) is 12.3. The number of anilines is 2. The summed E-state index contributed by atoms with van der Waals surface area (Å²) >= 11 is 0. The Bertz CT molecular complexity index is 861. The molecule has 3 aromatic carbocycles. The van der Waals surface area contributed by atoms with Crippen molar-refractivity contribution < 1.29 is 4.79 Å². The fourth-order valence-corrected chi connectivity index (χ4v) is 3.33. The fraction of sp³-hybridized carbons (Fsp3) is 0.136. The molecule has 3 nitrogen and oxygen atoms in total. The number of nitrogens with zero attached hydrogens (tertiary/aromatic N) is 2. The smallest absolute Gasteiger partial charge is 0.293 e. The van der Waals surface area contributed by atoms with Crippen molar-refractivity contribution in [3.05, 3.63) is 96.1 Å². The molecule has 3 heteroatoms. The molecular weight excluding hydrogens is 308 g/mol. The van der Waals surface area contributed by atoms with Crippen LogP contribution in [0.25, 0.3) is 0 Å². The van der Waals surface area contributed by atoms with E-state index in [4.69, 9.17) is 0 Å². The molecule has 1 aliphatic rings. The number of hydrogen-bond donors (Lipinski definition) is 0. The number of hydrogen-bond acceptors (Lipinski definition) is 1. The van der Waals surface area contributed by atoms with Crippen LogP contribution in [0.2, 0.25) is 0 Å². The number of rotatable bonds is 3. The highest BCUT2D eigenvalue weighted by Crippen LogP contribution is 2.30. The van der Waals surface area contributed by atoms with Gasteiger partial charge in [0.25, 0.3) is 0 Å². The molecule has 25 heavy (non-hydrogen) atoms. The van der Waals surface area contributed by atoms with Gasteiger partial charge in [-0.3, -0.25) is 9.80 Å². The Balaban J connectivity index is 1.67. The maximum Gasteiger partial charge on any atom is 0.329 e. The zero-order valence-electron chi connectivity index (χ0n) is 14.0. The van der Waals surface area contributed by atoms with Gasteiger partial charge in [-0.15, -0.1) is 0 Å². The molecule has 124 valence electrons. The molecule has 0 saturated carbocycles. The van der Waals surface area contributed by atoms with Crippen LogP contribution in [-0.2, 0) is 13.0 Å². The number of urea groups is 1. The van der Waals surface area contributed by atoms with Crippen molar-refractivity contribution in [3.8, 4) is 0 Å². The first kappa shape index (κ1) is 15.5. The standard InChI is InChI=1S/C22H20N2O/c25-22(23-16-15-19-11-7-8-14-21(19)23)24(20-12-5-2-6-13-20)17-18-9-3-1-4-10-18/h1-14H,15-17H2. The molecule has 0 unspecified atom stereocenters. The highest BCUT2D eigenvalue weighted by Gasteiger charge is 2.28. The van der Waals surface area contributed by atoms with Crippen LogP contribution in [0.4, 0.5) is 16.2 Å². The molecule has 0 aliphatic carbocycles. The summed E-state index contributed by atoms with van der Waals surface area (Å²) in [6, 6.07) is 28.2. The molecule has 0 atom stereocenters. The highest BCUT2D eigenvalue weighted by molar-refractivity contribution is 6.04. The van der Waals surface area contributed by atoms with Crippen molar-refractivity contribution in [1.29, 1.82) is 0 Å². The van der Waals surface area contributed by atoms with Gasteiger partial charge in [-0.25, -0.2) is 4.79 Å². The number of carbonyl (C=O) groups excluding carboxylic acids is 1. The van der Waals surface area contributed by atoms with Crippen molar-refractivity contribution in [2.45, 2.75) is 13.0 Å². The molecule has 0 N–H and O–H groups in total. The molecule has 2 amide bonds. The molecule has 0 spiro atoms. The molecular formula is C22H20N2O. The summed E-state index contributed by atoms with van der Waals surface area (Å²) in [7, 11) is 0. The van der Waals surface area contributed by atoms with E-state index in [2.05, 4.69) is 18.2 Å². The van der Waals surface area contributed by atoms with Gasteiger partial charge in [0, 0.05) is 17.9 Å². The van der Waals surface area contributed by atoms with E-state index in [-0.39, 0.29) is 6.03 Å². The van der Waals surface area contributed by atoms with Crippen molar-refractivity contribution in [2.24, 2.45) is 0 Å². The van der Waals surface area contributed by atoms with Crippen LogP contribution in [0, 0.1) is 0 Å². The average Bonchev–Trinajstić information content (AvgIpc) is 3.11. The number of fused-ring (bicyclic) bond motifs is 1. The second-order valence-corrected chi connectivity index (χ2v) is 6.22. The number of benzene rings is 3. The van der Waals surface area contributed by atoms with Crippen LogP contribution in [0.15, 0.2) is 84.9 Å². The van der Waals surface area contributed by atoms with E-state index < -0.39 is 0 Å². The lowest BCUT2D eigenvalue weighted by molar-refractivity contribution is 0.251. The molecule has 0 radical (unpaired) electrons. The summed E-state index contributed by atoms with van der Waals surface area (Å²) in [4.78, 5) is 17.1. The first-order valence-electron chi connectivity index (χ1n) is 8.59. The van der Waals surface area contributed by atoms with Crippen LogP contribution in [0.1, 0.15) is 11.1 Å². The van der Waals surface area contributed by atoms with Gasteiger partial charge in [-0.1, -0.05) is 66.7 Å². The van der Waals surface area contributed by atoms with Gasteiger partial charge in [0.2, 0.25) is 0 Å². The van der Waals surface area contributed by atoms with Crippen LogP contribution in [0.3, 0.4) is 0 Å². The van der Waals surface area contributed by atoms with E-state index in [9.17, 15) is 4.79 Å². The largest absolute Gasteiger partial charge is 0.329 e. The van der Waals surface area contributed by atoms with Gasteiger partial charge >= 0.3 is 6.03 Å². The lowest BCUT2D eigenvalue weighted by atomic mass is 10.2. The summed E-state index contributed by atoms with van der Waals surface area (Å²) in [5.74, 6) is 0. The lowest BCUT2D eigenvalue weighted by Crippen LogP contribution is -2.42. The summed E-state index contributed by atoms with van der Waals surface area (Å²) in [5, 5.41) is 0. The zero-order valence-corrected chi connectivity index (χ0v) is 14.0. The van der Waals surface area contributed by atoms with Crippen LogP contribution in [0.5, 0.6) is 0 Å². The van der Waals surface area contributed by atoms with Gasteiger partial charge in [-0.2, -0.15) is 0 Å². The average molecular weight is 328 g/mol. The number of para-hydroxylation sites is 2. The SMILES string of the molecule is O=C(N(Cc1ccccc1)c1ccccc1)N1CCc2ccccc21. The third kappa shape index (κ3) is 3.13. The first-order valence-corrected chi connectivity index (χ1v) is 8.59. The van der Waals surface area contributed by atoms with Crippen molar-refractivity contribution in [1.82, 2.24) is 0 Å². The molecule has 3 aromatic rings. The Morgan fingerprint density at radius 2 is 1.48 bits per heavy atom. The minimum absolute atomic E-state index is 0.0278. The van der Waals surface area contributed by atoms with Crippen molar-refractivity contribution in [3.63, 3.8) is 0 Å². The second kappa shape index (κ2) is 6.81. The fourth-order valence-electron chi connectivity index (χ4n) is 3.33. The molecule has 0 fully saturated rings. The second-order valence-electron chi connectivity index (χ2n) is 6.22. The van der Waals surface area contributed by atoms with E-state index in [1.54, 1.807) is 0 Å². The minimum Gasteiger partial charge on any atom is -0.293 e. The predicted octanol–water partition coefficient (Wildman–Crippen LogP) is 4.88. The Morgan fingerprint density at radius 1 is 0.840 bits per heavy atom. The molecule has 0 aromatic heterocycles.